The summed E-state index contributed by atoms with van der Waals surface area (Å²) in [6.45, 7) is 0.492. The number of carbonyl (C=O) groups excluding carboxylic acids is 2. The lowest BCUT2D eigenvalue weighted by molar-refractivity contribution is -0.130. The van der Waals surface area contributed by atoms with E-state index in [2.05, 4.69) is 5.32 Å². The third-order valence-corrected chi connectivity index (χ3v) is 4.82. The highest BCUT2D eigenvalue weighted by molar-refractivity contribution is 5.82. The lowest BCUT2D eigenvalue weighted by Crippen LogP contribution is -2.37. The summed E-state index contributed by atoms with van der Waals surface area (Å²) in [5.41, 5.74) is 1.26. The van der Waals surface area contributed by atoms with Crippen LogP contribution in [0.1, 0.15) is 30.4 Å². The van der Waals surface area contributed by atoms with Crippen LogP contribution in [-0.4, -0.2) is 29.3 Å². The van der Waals surface area contributed by atoms with E-state index < -0.39 is 11.6 Å². The lowest BCUT2D eigenvalue weighted by atomic mass is 10.1. The molecule has 1 aliphatic rings. The summed E-state index contributed by atoms with van der Waals surface area (Å²) in [4.78, 5) is 25.9. The van der Waals surface area contributed by atoms with Crippen molar-refractivity contribution in [3.8, 4) is 0 Å². The highest BCUT2D eigenvalue weighted by atomic mass is 19.2. The minimum Gasteiger partial charge on any atom is -0.356 e. The van der Waals surface area contributed by atoms with Crippen molar-refractivity contribution in [3.05, 3.63) is 71.3 Å². The minimum absolute atomic E-state index is 0.0234. The number of nitrogens with one attached hydrogen (secondary N) is 1. The standard InChI is InChI=1S/C21H22F2N2O2/c22-18-8-4-7-16(21(18)23)14-25-17(9-10-20(25)27)13-19(26)24-12-11-15-5-2-1-3-6-15/h1-8,17H,9-14H2,(H,24,26). The number of hydrogen-bond acceptors (Lipinski definition) is 2. The first kappa shape index (κ1) is 19.0. The number of benzene rings is 2. The van der Waals surface area contributed by atoms with Gasteiger partial charge in [0.1, 0.15) is 0 Å². The van der Waals surface area contributed by atoms with Gasteiger partial charge in [-0.05, 0) is 24.5 Å². The molecule has 142 valence electrons. The van der Waals surface area contributed by atoms with Crippen molar-refractivity contribution < 1.29 is 18.4 Å². The molecule has 1 saturated heterocycles. The Morgan fingerprint density at radius 1 is 1.11 bits per heavy atom. The molecule has 6 heteroatoms. The molecule has 0 aromatic heterocycles. The Morgan fingerprint density at radius 3 is 2.67 bits per heavy atom. The molecule has 2 amide bonds. The minimum atomic E-state index is -0.941. The lowest BCUT2D eigenvalue weighted by Gasteiger charge is -2.25. The molecule has 3 rings (SSSR count). The van der Waals surface area contributed by atoms with E-state index in [-0.39, 0.29) is 36.4 Å². The predicted octanol–water partition coefficient (Wildman–Crippen LogP) is 3.20. The van der Waals surface area contributed by atoms with Crippen LogP contribution in [0.3, 0.4) is 0 Å². The number of hydrogen-bond donors (Lipinski definition) is 1. The van der Waals surface area contributed by atoms with Crippen LogP contribution in [0.25, 0.3) is 0 Å². The molecule has 0 radical (unpaired) electrons. The van der Waals surface area contributed by atoms with Crippen molar-refractivity contribution in [1.82, 2.24) is 10.2 Å². The molecule has 2 aromatic rings. The number of halogens is 2. The van der Waals surface area contributed by atoms with Gasteiger partial charge in [0.15, 0.2) is 11.6 Å². The molecule has 1 fully saturated rings. The van der Waals surface area contributed by atoms with Gasteiger partial charge in [0, 0.05) is 37.5 Å². The molecule has 1 heterocycles. The quantitative estimate of drug-likeness (QED) is 0.811. The normalized spacial score (nSPS) is 16.6. The van der Waals surface area contributed by atoms with Crippen molar-refractivity contribution in [2.75, 3.05) is 6.54 Å². The van der Waals surface area contributed by atoms with Crippen LogP contribution in [0, 0.1) is 11.6 Å². The molecule has 0 spiro atoms. The summed E-state index contributed by atoms with van der Waals surface area (Å²) < 4.78 is 27.3. The zero-order chi connectivity index (χ0) is 19.2. The fourth-order valence-electron chi connectivity index (χ4n) is 3.35. The van der Waals surface area contributed by atoms with Gasteiger partial charge < -0.3 is 10.2 Å². The van der Waals surface area contributed by atoms with E-state index in [9.17, 15) is 18.4 Å². The van der Waals surface area contributed by atoms with E-state index in [4.69, 9.17) is 0 Å². The molecule has 27 heavy (non-hydrogen) atoms. The Balaban J connectivity index is 1.54. The number of likely N-dealkylation sites (tertiary alicyclic amines) is 1. The van der Waals surface area contributed by atoms with Crippen LogP contribution in [0.15, 0.2) is 48.5 Å². The molecule has 2 aromatic carbocycles. The molecule has 0 aliphatic carbocycles. The summed E-state index contributed by atoms with van der Waals surface area (Å²) in [5.74, 6) is -2.16. The molecule has 1 N–H and O–H groups in total. The highest BCUT2D eigenvalue weighted by Crippen LogP contribution is 2.25. The van der Waals surface area contributed by atoms with Crippen LogP contribution in [0.5, 0.6) is 0 Å². The van der Waals surface area contributed by atoms with Crippen LogP contribution >= 0.6 is 0 Å². The maximum Gasteiger partial charge on any atom is 0.223 e. The Hall–Kier alpha value is -2.76. The van der Waals surface area contributed by atoms with Crippen molar-refractivity contribution in [2.24, 2.45) is 0 Å². The second-order valence-electron chi connectivity index (χ2n) is 6.72. The summed E-state index contributed by atoms with van der Waals surface area (Å²) in [5, 5.41) is 2.87. The molecule has 1 unspecified atom stereocenters. The topological polar surface area (TPSA) is 49.4 Å². The van der Waals surface area contributed by atoms with Gasteiger partial charge in [-0.1, -0.05) is 42.5 Å². The molecule has 4 nitrogen and oxygen atoms in total. The third-order valence-electron chi connectivity index (χ3n) is 4.82. The van der Waals surface area contributed by atoms with Gasteiger partial charge in [0.2, 0.25) is 11.8 Å². The maximum atomic E-state index is 13.9. The first-order valence-corrected chi connectivity index (χ1v) is 9.07. The molecular formula is C21H22F2N2O2. The second-order valence-corrected chi connectivity index (χ2v) is 6.72. The molecular weight excluding hydrogens is 350 g/mol. The second kappa shape index (κ2) is 8.75. The van der Waals surface area contributed by atoms with Gasteiger partial charge in [-0.15, -0.1) is 0 Å². The Morgan fingerprint density at radius 2 is 1.89 bits per heavy atom. The van der Waals surface area contributed by atoms with E-state index in [1.807, 2.05) is 30.3 Å². The summed E-state index contributed by atoms with van der Waals surface area (Å²) >= 11 is 0. The van der Waals surface area contributed by atoms with Gasteiger partial charge in [-0.2, -0.15) is 0 Å². The van der Waals surface area contributed by atoms with Crippen LogP contribution in [-0.2, 0) is 22.6 Å². The van der Waals surface area contributed by atoms with Gasteiger partial charge in [0.25, 0.3) is 0 Å². The summed E-state index contributed by atoms with van der Waals surface area (Å²) in [6.07, 6.45) is 1.76. The van der Waals surface area contributed by atoms with Crippen LogP contribution < -0.4 is 5.32 Å². The fourth-order valence-corrected chi connectivity index (χ4v) is 3.35. The predicted molar refractivity (Wildman–Crippen MR) is 97.7 cm³/mol. The molecule has 1 atom stereocenters. The Kier molecular flexibility index (Phi) is 6.16. The largest absolute Gasteiger partial charge is 0.356 e. The smallest absolute Gasteiger partial charge is 0.223 e. The fraction of sp³-hybridized carbons (Fsp3) is 0.333. The van der Waals surface area contributed by atoms with Gasteiger partial charge in [-0.3, -0.25) is 9.59 Å². The number of rotatable bonds is 7. The van der Waals surface area contributed by atoms with E-state index in [1.165, 1.54) is 17.0 Å². The zero-order valence-corrected chi connectivity index (χ0v) is 15.0. The van der Waals surface area contributed by atoms with Crippen LogP contribution in [0.4, 0.5) is 8.78 Å². The monoisotopic (exact) mass is 372 g/mol. The van der Waals surface area contributed by atoms with Crippen LogP contribution in [0.2, 0.25) is 0 Å². The number of carbonyl (C=O) groups is 2. The first-order valence-electron chi connectivity index (χ1n) is 9.07. The third kappa shape index (κ3) is 4.90. The average Bonchev–Trinajstić information content (AvgIpc) is 2.99. The summed E-state index contributed by atoms with van der Waals surface area (Å²) in [7, 11) is 0. The molecule has 0 saturated carbocycles. The Bertz CT molecular complexity index is 811. The maximum absolute atomic E-state index is 13.9. The summed E-state index contributed by atoms with van der Waals surface area (Å²) in [6, 6.07) is 13.5. The van der Waals surface area contributed by atoms with E-state index >= 15 is 0 Å². The average molecular weight is 372 g/mol. The van der Waals surface area contributed by atoms with E-state index in [0.717, 1.165) is 18.1 Å². The van der Waals surface area contributed by atoms with Crippen molar-refractivity contribution in [1.29, 1.82) is 0 Å². The SMILES string of the molecule is O=C(CC1CCC(=O)N1Cc1cccc(F)c1F)NCCc1ccccc1. The van der Waals surface area contributed by atoms with Gasteiger partial charge in [-0.25, -0.2) is 8.78 Å². The molecule has 0 bridgehead atoms. The zero-order valence-electron chi connectivity index (χ0n) is 15.0. The first-order chi connectivity index (χ1) is 13.0. The number of amides is 2. The van der Waals surface area contributed by atoms with Gasteiger partial charge >= 0.3 is 0 Å². The van der Waals surface area contributed by atoms with Crippen molar-refractivity contribution >= 4 is 11.8 Å². The van der Waals surface area contributed by atoms with E-state index in [1.54, 1.807) is 0 Å². The van der Waals surface area contributed by atoms with Crippen molar-refractivity contribution in [3.63, 3.8) is 0 Å². The Labute approximate surface area is 157 Å². The van der Waals surface area contributed by atoms with E-state index in [0.29, 0.717) is 19.4 Å². The highest BCUT2D eigenvalue weighted by Gasteiger charge is 2.33. The number of nitrogens with zero attached hydrogens (tertiary/aromatic N) is 1. The van der Waals surface area contributed by atoms with Gasteiger partial charge in [0.05, 0.1) is 0 Å². The molecule has 1 aliphatic heterocycles. The van der Waals surface area contributed by atoms with Crippen molar-refractivity contribution in [2.45, 2.75) is 38.3 Å².